The van der Waals surface area contributed by atoms with E-state index in [9.17, 15) is 0 Å². The van der Waals surface area contributed by atoms with Crippen LogP contribution in [0.25, 0.3) is 16.9 Å². The van der Waals surface area contributed by atoms with Gasteiger partial charge in [-0.1, -0.05) is 0 Å². The Kier molecular flexibility index (Phi) is 3.66. The van der Waals surface area contributed by atoms with Gasteiger partial charge in [-0.3, -0.25) is 4.57 Å². The Balaban J connectivity index is 2.26. The molecule has 3 aromatic rings. The van der Waals surface area contributed by atoms with Gasteiger partial charge in [0.1, 0.15) is 5.75 Å². The van der Waals surface area contributed by atoms with Crippen molar-refractivity contribution in [3.8, 4) is 11.4 Å². The van der Waals surface area contributed by atoms with Gasteiger partial charge in [-0.05, 0) is 68.3 Å². The molecule has 0 fully saturated rings. The van der Waals surface area contributed by atoms with E-state index in [4.69, 9.17) is 17.0 Å². The van der Waals surface area contributed by atoms with E-state index < -0.39 is 0 Å². The number of imidazole rings is 1. The maximum Gasteiger partial charge on any atom is 0.183 e. The molecule has 0 spiro atoms. The Hall–Kier alpha value is -1.18. The SMILES string of the molecule is COc1ccc(-n2c(=S)[nH]c3cc(Br)cnc32)cc1Br. The molecule has 102 valence electrons. The summed E-state index contributed by atoms with van der Waals surface area (Å²) in [5.41, 5.74) is 2.59. The van der Waals surface area contributed by atoms with E-state index in [2.05, 4.69) is 41.8 Å². The quantitative estimate of drug-likeness (QED) is 0.622. The van der Waals surface area contributed by atoms with Gasteiger partial charge in [-0.25, -0.2) is 4.98 Å². The molecule has 3 rings (SSSR count). The fraction of sp³-hybridized carbons (Fsp3) is 0.0769. The van der Waals surface area contributed by atoms with Gasteiger partial charge in [0.25, 0.3) is 0 Å². The minimum absolute atomic E-state index is 0.600. The third kappa shape index (κ3) is 2.30. The molecule has 4 nitrogen and oxygen atoms in total. The van der Waals surface area contributed by atoms with Crippen molar-refractivity contribution in [3.63, 3.8) is 0 Å². The maximum absolute atomic E-state index is 5.39. The summed E-state index contributed by atoms with van der Waals surface area (Å²) in [6, 6.07) is 7.73. The number of ether oxygens (including phenoxy) is 1. The van der Waals surface area contributed by atoms with Gasteiger partial charge < -0.3 is 9.72 Å². The Morgan fingerprint density at radius 3 is 2.80 bits per heavy atom. The molecule has 20 heavy (non-hydrogen) atoms. The number of hydrogen-bond acceptors (Lipinski definition) is 3. The molecule has 0 bridgehead atoms. The molecule has 1 aromatic carbocycles. The van der Waals surface area contributed by atoms with Crippen LogP contribution in [0.15, 0.2) is 39.4 Å². The summed E-state index contributed by atoms with van der Waals surface area (Å²) in [6.07, 6.45) is 1.75. The summed E-state index contributed by atoms with van der Waals surface area (Å²) >= 11 is 12.3. The molecule has 0 atom stereocenters. The predicted molar refractivity (Wildman–Crippen MR) is 88.2 cm³/mol. The normalized spacial score (nSPS) is 10.9. The number of H-pyrrole nitrogens is 1. The molecule has 7 heteroatoms. The number of pyridine rings is 1. The topological polar surface area (TPSA) is 42.8 Å². The third-order valence-corrected chi connectivity index (χ3v) is 4.22. The Bertz CT molecular complexity index is 856. The first kappa shape index (κ1) is 13.8. The number of aromatic amines is 1. The molecule has 0 amide bonds. The first-order chi connectivity index (χ1) is 9.60. The van der Waals surface area contributed by atoms with Gasteiger partial charge in [-0.2, -0.15) is 0 Å². The van der Waals surface area contributed by atoms with Crippen molar-refractivity contribution in [1.82, 2.24) is 14.5 Å². The van der Waals surface area contributed by atoms with Gasteiger partial charge in [0.2, 0.25) is 0 Å². The lowest BCUT2D eigenvalue weighted by Gasteiger charge is -2.07. The molecule has 0 aliphatic rings. The van der Waals surface area contributed by atoms with E-state index in [-0.39, 0.29) is 0 Å². The Labute approximate surface area is 137 Å². The van der Waals surface area contributed by atoms with Crippen LogP contribution in [0.2, 0.25) is 0 Å². The molecule has 0 aliphatic heterocycles. The van der Waals surface area contributed by atoms with Crippen LogP contribution < -0.4 is 4.74 Å². The third-order valence-electron chi connectivity index (χ3n) is 2.88. The minimum Gasteiger partial charge on any atom is -0.496 e. The van der Waals surface area contributed by atoms with Crippen LogP contribution in [0, 0.1) is 4.77 Å². The lowest BCUT2D eigenvalue weighted by Crippen LogP contribution is -1.96. The highest BCUT2D eigenvalue weighted by Crippen LogP contribution is 2.29. The zero-order valence-electron chi connectivity index (χ0n) is 10.4. The first-order valence-corrected chi connectivity index (χ1v) is 7.70. The molecule has 0 unspecified atom stereocenters. The monoisotopic (exact) mass is 413 g/mol. The molecule has 0 aliphatic carbocycles. The van der Waals surface area contributed by atoms with Crippen molar-refractivity contribution < 1.29 is 4.74 Å². The minimum atomic E-state index is 0.600. The molecule has 2 heterocycles. The summed E-state index contributed by atoms with van der Waals surface area (Å²) in [5.74, 6) is 0.774. The number of nitrogens with one attached hydrogen (secondary N) is 1. The Morgan fingerprint density at radius 2 is 2.10 bits per heavy atom. The Morgan fingerprint density at radius 1 is 1.30 bits per heavy atom. The highest BCUT2D eigenvalue weighted by molar-refractivity contribution is 9.10. The van der Waals surface area contributed by atoms with Crippen LogP contribution in [0.4, 0.5) is 0 Å². The average Bonchev–Trinajstić information content (AvgIpc) is 2.73. The summed E-state index contributed by atoms with van der Waals surface area (Å²) < 4.78 is 9.50. The highest BCUT2D eigenvalue weighted by atomic mass is 79.9. The molecule has 0 radical (unpaired) electrons. The lowest BCUT2D eigenvalue weighted by atomic mass is 10.3. The van der Waals surface area contributed by atoms with E-state index in [1.54, 1.807) is 13.3 Å². The number of nitrogens with zero attached hydrogens (tertiary/aromatic N) is 2. The van der Waals surface area contributed by atoms with Gasteiger partial charge in [0.15, 0.2) is 10.4 Å². The summed E-state index contributed by atoms with van der Waals surface area (Å²) in [5, 5.41) is 0. The van der Waals surface area contributed by atoms with Crippen LogP contribution in [-0.2, 0) is 0 Å². The van der Waals surface area contributed by atoms with E-state index in [0.717, 1.165) is 31.5 Å². The van der Waals surface area contributed by atoms with Crippen molar-refractivity contribution >= 4 is 55.2 Å². The highest BCUT2D eigenvalue weighted by Gasteiger charge is 2.10. The number of fused-ring (bicyclic) bond motifs is 1. The van der Waals surface area contributed by atoms with E-state index in [1.807, 2.05) is 28.8 Å². The molecule has 0 saturated carbocycles. The van der Waals surface area contributed by atoms with Crippen molar-refractivity contribution in [2.24, 2.45) is 0 Å². The van der Waals surface area contributed by atoms with Crippen LogP contribution in [-0.4, -0.2) is 21.6 Å². The van der Waals surface area contributed by atoms with Crippen LogP contribution in [0.5, 0.6) is 5.75 Å². The van der Waals surface area contributed by atoms with Crippen LogP contribution in [0.1, 0.15) is 0 Å². The van der Waals surface area contributed by atoms with E-state index in [0.29, 0.717) is 4.77 Å². The number of benzene rings is 1. The lowest BCUT2D eigenvalue weighted by molar-refractivity contribution is 0.412. The van der Waals surface area contributed by atoms with Gasteiger partial charge in [0.05, 0.1) is 22.8 Å². The predicted octanol–water partition coefficient (Wildman–Crippen LogP) is 4.62. The van der Waals surface area contributed by atoms with Crippen molar-refractivity contribution in [3.05, 3.63) is 44.2 Å². The molecule has 1 N–H and O–H groups in total. The second-order valence-corrected chi connectivity index (χ2v) is 6.27. The summed E-state index contributed by atoms with van der Waals surface area (Å²) in [7, 11) is 1.64. The van der Waals surface area contributed by atoms with Crippen molar-refractivity contribution in [2.75, 3.05) is 7.11 Å². The fourth-order valence-corrected chi connectivity index (χ4v) is 3.17. The number of aromatic nitrogens is 3. The number of halogens is 2. The zero-order chi connectivity index (χ0) is 14.3. The van der Waals surface area contributed by atoms with Gasteiger partial charge in [-0.15, -0.1) is 0 Å². The zero-order valence-corrected chi connectivity index (χ0v) is 14.3. The van der Waals surface area contributed by atoms with E-state index in [1.165, 1.54) is 0 Å². The number of rotatable bonds is 2. The van der Waals surface area contributed by atoms with E-state index >= 15 is 0 Å². The van der Waals surface area contributed by atoms with Crippen LogP contribution in [0.3, 0.4) is 0 Å². The molecular weight excluding hydrogens is 406 g/mol. The summed E-state index contributed by atoms with van der Waals surface area (Å²) in [4.78, 5) is 7.57. The fourth-order valence-electron chi connectivity index (χ4n) is 2.00. The first-order valence-electron chi connectivity index (χ1n) is 5.70. The van der Waals surface area contributed by atoms with Gasteiger partial charge >= 0.3 is 0 Å². The summed E-state index contributed by atoms with van der Waals surface area (Å²) in [6.45, 7) is 0. The largest absolute Gasteiger partial charge is 0.496 e. The maximum atomic E-state index is 5.39. The van der Waals surface area contributed by atoms with Crippen LogP contribution >= 0.6 is 44.1 Å². The average molecular weight is 415 g/mol. The molecule has 0 saturated heterocycles. The molecule has 2 aromatic heterocycles. The van der Waals surface area contributed by atoms with Crippen molar-refractivity contribution in [2.45, 2.75) is 0 Å². The smallest absolute Gasteiger partial charge is 0.183 e. The second kappa shape index (κ2) is 5.31. The van der Waals surface area contributed by atoms with Gasteiger partial charge in [0, 0.05) is 10.7 Å². The second-order valence-electron chi connectivity index (χ2n) is 4.11. The van der Waals surface area contributed by atoms with Crippen molar-refractivity contribution in [1.29, 1.82) is 0 Å². The molecular formula is C13H9Br2N3OS. The number of hydrogen-bond donors (Lipinski definition) is 1. The number of methoxy groups -OCH3 is 1. The standard InChI is InChI=1S/C13H9Br2N3OS/c1-19-11-3-2-8(5-9(11)15)18-12-10(17-13(18)20)4-7(14)6-16-12/h2-6H,1H3,(H,17,20).